The van der Waals surface area contributed by atoms with Gasteiger partial charge in [0.2, 0.25) is 0 Å². The number of aromatic nitrogens is 2. The van der Waals surface area contributed by atoms with Crippen LogP contribution in [0.25, 0.3) is 0 Å². The summed E-state index contributed by atoms with van der Waals surface area (Å²) < 4.78 is 49.8. The molecule has 5 atom stereocenters. The van der Waals surface area contributed by atoms with Crippen molar-refractivity contribution in [3.05, 3.63) is 32.1 Å². The molecular formula is C13H16ClF2N2O7PS. The van der Waals surface area contributed by atoms with E-state index in [0.29, 0.717) is 4.57 Å². The summed E-state index contributed by atoms with van der Waals surface area (Å²) in [6.07, 6.45) is -7.65. The van der Waals surface area contributed by atoms with Gasteiger partial charge in [-0.25, -0.2) is 13.6 Å². The van der Waals surface area contributed by atoms with Crippen LogP contribution >= 0.6 is 18.3 Å². The molecule has 2 saturated heterocycles. The summed E-state index contributed by atoms with van der Waals surface area (Å²) in [7, 11) is 0. The van der Waals surface area contributed by atoms with Crippen molar-refractivity contribution in [3.8, 4) is 0 Å². The Labute approximate surface area is 161 Å². The van der Waals surface area contributed by atoms with E-state index >= 15 is 0 Å². The monoisotopic (exact) mass is 448 g/mol. The van der Waals surface area contributed by atoms with Gasteiger partial charge in [0.05, 0.1) is 12.7 Å². The normalized spacial score (nSPS) is 36.4. The zero-order valence-electron chi connectivity index (χ0n) is 14.0. The molecule has 2 N–H and O–H groups in total. The van der Waals surface area contributed by atoms with E-state index in [2.05, 4.69) is 0 Å². The van der Waals surface area contributed by atoms with E-state index in [1.54, 1.807) is 13.8 Å². The van der Waals surface area contributed by atoms with Crippen molar-refractivity contribution in [2.75, 3.05) is 6.61 Å². The van der Waals surface area contributed by atoms with Crippen LogP contribution in [0.2, 0.25) is 5.02 Å². The van der Waals surface area contributed by atoms with Crippen LogP contribution in [0.3, 0.4) is 0 Å². The highest BCUT2D eigenvalue weighted by atomic mass is 35.5. The first-order chi connectivity index (χ1) is 12.5. The van der Waals surface area contributed by atoms with Gasteiger partial charge in [0.1, 0.15) is 17.2 Å². The Bertz CT molecular complexity index is 896. The van der Waals surface area contributed by atoms with E-state index in [1.165, 1.54) is 0 Å². The predicted octanol–water partition coefficient (Wildman–Crippen LogP) is 1.15. The number of aliphatic hydroxyl groups is 1. The van der Waals surface area contributed by atoms with E-state index in [1.807, 2.05) is 4.98 Å². The van der Waals surface area contributed by atoms with Gasteiger partial charge in [-0.05, 0) is 25.7 Å². The molecule has 2 fully saturated rings. The van der Waals surface area contributed by atoms with E-state index in [-0.39, 0.29) is 0 Å². The fourth-order valence-electron chi connectivity index (χ4n) is 2.84. The van der Waals surface area contributed by atoms with Crippen molar-refractivity contribution in [2.45, 2.75) is 50.4 Å². The largest absolute Gasteiger partial charge is 0.386 e. The number of nitrogens with one attached hydrogen (secondary N) is 1. The Balaban J connectivity index is 2.01. The highest BCUT2D eigenvalue weighted by Gasteiger charge is 2.66. The summed E-state index contributed by atoms with van der Waals surface area (Å²) >= 11 is 10.8. The van der Waals surface area contributed by atoms with Gasteiger partial charge < -0.3 is 18.9 Å². The van der Waals surface area contributed by atoms with Crippen LogP contribution in [-0.2, 0) is 30.1 Å². The van der Waals surface area contributed by atoms with Crippen molar-refractivity contribution < 1.29 is 32.2 Å². The van der Waals surface area contributed by atoms with Crippen LogP contribution in [0, 0.1) is 0 Å². The smallest absolute Gasteiger partial charge is 0.330 e. The van der Waals surface area contributed by atoms with Crippen LogP contribution in [0.4, 0.5) is 8.78 Å². The summed E-state index contributed by atoms with van der Waals surface area (Å²) in [5.74, 6) is 0. The molecule has 0 spiro atoms. The average Bonchev–Trinajstić information content (AvgIpc) is 2.84. The number of aliphatic hydroxyl groups excluding tert-OH is 1. The molecule has 2 aliphatic heterocycles. The molecule has 2 aliphatic rings. The fraction of sp³-hybridized carbons (Fsp3) is 0.692. The summed E-state index contributed by atoms with van der Waals surface area (Å²) in [6, 6.07) is 0. The first-order valence-electron chi connectivity index (χ1n) is 7.75. The minimum absolute atomic E-state index is 0.392. The van der Waals surface area contributed by atoms with Gasteiger partial charge >= 0.3 is 12.4 Å². The molecule has 152 valence electrons. The Morgan fingerprint density at radius 3 is 2.78 bits per heavy atom. The number of halogens is 3. The molecule has 3 rings (SSSR count). The van der Waals surface area contributed by atoms with E-state index in [0.717, 1.165) is 6.20 Å². The minimum Gasteiger partial charge on any atom is -0.386 e. The van der Waals surface area contributed by atoms with E-state index in [4.69, 9.17) is 41.7 Å². The lowest BCUT2D eigenvalue weighted by molar-refractivity contribution is -0.204. The van der Waals surface area contributed by atoms with Crippen molar-refractivity contribution in [1.29, 1.82) is 0 Å². The summed E-state index contributed by atoms with van der Waals surface area (Å²) in [5.41, 5.74) is -4.25. The van der Waals surface area contributed by atoms with Crippen molar-refractivity contribution >= 4 is 30.1 Å². The number of hydrogen-bond acceptors (Lipinski definition) is 8. The first-order valence-corrected chi connectivity index (χ1v) is 10.7. The molecular weight excluding hydrogens is 433 g/mol. The standard InChI is InChI=1S/C13H16ClF2N2O7PS/c1-5(2)24-26(27)22-4-13(11(15)16)8(25-26)7(19)10(23-13)18-3-6(14)9(20)17-12(18)21/h3,5,7-8,10-11,19H,4H2,1-2H3,(H,17,20,21)/t7-,8-,10-,13-,26?/m1/s1. The third-order valence-electron chi connectivity index (χ3n) is 4.02. The fourth-order valence-corrected chi connectivity index (χ4v) is 5.57. The second-order valence-corrected chi connectivity index (χ2v) is 9.62. The summed E-state index contributed by atoms with van der Waals surface area (Å²) in [5, 5.41) is 10.2. The Hall–Kier alpha value is -0.720. The van der Waals surface area contributed by atoms with Gasteiger partial charge in [-0.15, -0.1) is 0 Å². The highest BCUT2D eigenvalue weighted by Crippen LogP contribution is 2.61. The van der Waals surface area contributed by atoms with Crippen molar-refractivity contribution in [2.24, 2.45) is 0 Å². The number of ether oxygens (including phenoxy) is 1. The second kappa shape index (κ2) is 7.27. The molecule has 0 saturated carbocycles. The molecule has 0 aliphatic carbocycles. The maximum atomic E-state index is 13.9. The Morgan fingerprint density at radius 1 is 1.52 bits per heavy atom. The van der Waals surface area contributed by atoms with Crippen LogP contribution in [0.1, 0.15) is 20.1 Å². The van der Waals surface area contributed by atoms with Crippen LogP contribution in [0.15, 0.2) is 15.8 Å². The molecule has 3 heterocycles. The van der Waals surface area contributed by atoms with Crippen LogP contribution in [0.5, 0.6) is 0 Å². The van der Waals surface area contributed by atoms with Crippen LogP contribution in [-0.4, -0.2) is 51.6 Å². The number of aromatic amines is 1. The molecule has 0 amide bonds. The predicted molar refractivity (Wildman–Crippen MR) is 92.5 cm³/mol. The zero-order valence-corrected chi connectivity index (χ0v) is 16.5. The summed E-state index contributed by atoms with van der Waals surface area (Å²) in [4.78, 5) is 25.3. The molecule has 1 aromatic rings. The number of alkyl halides is 2. The lowest BCUT2D eigenvalue weighted by Crippen LogP contribution is -2.56. The molecule has 1 unspecified atom stereocenters. The first kappa shape index (κ1) is 21.0. The molecule has 9 nitrogen and oxygen atoms in total. The lowest BCUT2D eigenvalue weighted by Gasteiger charge is -2.41. The third kappa shape index (κ3) is 3.65. The second-order valence-electron chi connectivity index (χ2n) is 6.30. The topological polar surface area (TPSA) is 112 Å². The van der Waals surface area contributed by atoms with E-state index in [9.17, 15) is 23.5 Å². The number of fused-ring (bicyclic) bond motifs is 1. The van der Waals surface area contributed by atoms with Gasteiger partial charge in [-0.2, -0.15) is 0 Å². The maximum Gasteiger partial charge on any atom is 0.330 e. The van der Waals surface area contributed by atoms with Gasteiger partial charge in [0.25, 0.3) is 12.0 Å². The van der Waals surface area contributed by atoms with Gasteiger partial charge in [-0.1, -0.05) is 11.6 Å². The average molecular weight is 449 g/mol. The minimum atomic E-state index is -3.42. The zero-order chi connectivity index (χ0) is 20.1. The Kier molecular flexibility index (Phi) is 5.65. The highest BCUT2D eigenvalue weighted by molar-refractivity contribution is 8.07. The number of nitrogens with zero attached hydrogens (tertiary/aromatic N) is 1. The van der Waals surface area contributed by atoms with Crippen LogP contribution < -0.4 is 11.2 Å². The number of rotatable bonds is 4. The molecule has 0 aromatic carbocycles. The number of hydrogen-bond donors (Lipinski definition) is 2. The van der Waals surface area contributed by atoms with Gasteiger partial charge in [-0.3, -0.25) is 18.9 Å². The number of H-pyrrole nitrogens is 1. The molecule has 27 heavy (non-hydrogen) atoms. The van der Waals surface area contributed by atoms with E-state index < -0.39 is 66.2 Å². The maximum absolute atomic E-state index is 13.9. The SMILES string of the molecule is CC(C)OP1(=S)OC[C@@]2(C(F)F)O[C@@H](n3cc(Cl)c(=O)[nH]c3=O)[C@H](O)[C@H]2O1. The van der Waals surface area contributed by atoms with Gasteiger partial charge in [0, 0.05) is 6.20 Å². The quantitative estimate of drug-likeness (QED) is 0.660. The molecule has 0 bridgehead atoms. The van der Waals surface area contributed by atoms with Gasteiger partial charge in [0.15, 0.2) is 11.8 Å². The molecule has 0 radical (unpaired) electrons. The third-order valence-corrected chi connectivity index (χ3v) is 6.74. The van der Waals surface area contributed by atoms with Crippen molar-refractivity contribution in [3.63, 3.8) is 0 Å². The Morgan fingerprint density at radius 2 is 2.19 bits per heavy atom. The summed E-state index contributed by atoms with van der Waals surface area (Å²) in [6.45, 7) is -0.818. The van der Waals surface area contributed by atoms with Crippen molar-refractivity contribution in [1.82, 2.24) is 9.55 Å². The molecule has 14 heteroatoms. The molecule has 1 aromatic heterocycles. The lowest BCUT2D eigenvalue weighted by atomic mass is 9.96.